The number of esters is 4. The Bertz CT molecular complexity index is 2030. The first-order chi connectivity index (χ1) is 27.9. The zero-order chi connectivity index (χ0) is 41.8. The molecule has 2 unspecified atom stereocenters. The lowest BCUT2D eigenvalue weighted by molar-refractivity contribution is -0.166. The van der Waals surface area contributed by atoms with Gasteiger partial charge in [0.25, 0.3) is 12.6 Å². The summed E-state index contributed by atoms with van der Waals surface area (Å²) in [6, 6.07) is 21.9. The van der Waals surface area contributed by atoms with Crippen LogP contribution < -0.4 is 18.9 Å². The van der Waals surface area contributed by atoms with Crippen LogP contribution in [0.4, 0.5) is 9.59 Å². The van der Waals surface area contributed by atoms with Crippen LogP contribution in [0.1, 0.15) is 84.2 Å². The zero-order valence-electron chi connectivity index (χ0n) is 31.9. The summed E-state index contributed by atoms with van der Waals surface area (Å²) in [4.78, 5) is 73.6. The van der Waals surface area contributed by atoms with Gasteiger partial charge in [-0.1, -0.05) is 46.1 Å². The minimum absolute atomic E-state index is 0.0936. The monoisotopic (exact) mass is 792 g/mol. The van der Waals surface area contributed by atoms with Crippen LogP contribution in [-0.4, -0.2) is 48.8 Å². The number of fused-ring (bicyclic) bond motifs is 3. The highest BCUT2D eigenvalue weighted by atomic mass is 16.8. The number of carbonyl (C=O) groups is 6. The number of rotatable bonds is 16. The summed E-state index contributed by atoms with van der Waals surface area (Å²) in [5.74, 6) is -2.08. The molecule has 4 aromatic rings. The van der Waals surface area contributed by atoms with Crippen molar-refractivity contribution in [3.8, 4) is 34.1 Å². The van der Waals surface area contributed by atoms with Crippen LogP contribution in [0.15, 0.2) is 110 Å². The molecule has 0 saturated carbocycles. The predicted molar refractivity (Wildman–Crippen MR) is 206 cm³/mol. The molecule has 0 spiro atoms. The van der Waals surface area contributed by atoms with E-state index in [1.54, 1.807) is 24.3 Å². The summed E-state index contributed by atoms with van der Waals surface area (Å²) < 4.78 is 41.8. The molecule has 4 aromatic carbocycles. The van der Waals surface area contributed by atoms with Gasteiger partial charge in [-0.15, -0.1) is 0 Å². The van der Waals surface area contributed by atoms with Gasteiger partial charge in [0.1, 0.15) is 23.0 Å². The third-order valence-corrected chi connectivity index (χ3v) is 8.61. The van der Waals surface area contributed by atoms with E-state index in [0.29, 0.717) is 24.3 Å². The molecule has 0 fully saturated rings. The third-order valence-electron chi connectivity index (χ3n) is 8.61. The summed E-state index contributed by atoms with van der Waals surface area (Å²) in [5.41, 5.74) is 4.06. The lowest BCUT2D eigenvalue weighted by Crippen LogP contribution is -2.25. The average molecular weight is 793 g/mol. The molecular formula is C44H40O14. The Balaban J connectivity index is 1.15. The highest BCUT2D eigenvalue weighted by Gasteiger charge is 2.28. The molecular weight excluding hydrogens is 752 g/mol. The van der Waals surface area contributed by atoms with Crippen molar-refractivity contribution >= 4 is 36.2 Å². The lowest BCUT2D eigenvalue weighted by atomic mass is 9.99. The highest BCUT2D eigenvalue weighted by Crippen LogP contribution is 2.47. The molecule has 14 nitrogen and oxygen atoms in total. The predicted octanol–water partition coefficient (Wildman–Crippen LogP) is 9.00. The summed E-state index contributed by atoms with van der Waals surface area (Å²) in [6.45, 7) is 12.3. The fourth-order valence-electron chi connectivity index (χ4n) is 5.80. The van der Waals surface area contributed by atoms with Crippen molar-refractivity contribution in [1.82, 2.24) is 0 Å². The quantitative estimate of drug-likeness (QED) is 0.0345. The van der Waals surface area contributed by atoms with Crippen molar-refractivity contribution in [1.29, 1.82) is 0 Å². The van der Waals surface area contributed by atoms with Crippen molar-refractivity contribution in [3.05, 3.63) is 132 Å². The van der Waals surface area contributed by atoms with E-state index in [9.17, 15) is 28.8 Å². The summed E-state index contributed by atoms with van der Waals surface area (Å²) in [7, 11) is 0. The molecule has 0 aromatic heterocycles. The third kappa shape index (κ3) is 11.0. The van der Waals surface area contributed by atoms with E-state index in [0.717, 1.165) is 34.4 Å². The second kappa shape index (κ2) is 19.6. The molecule has 0 heterocycles. The summed E-state index contributed by atoms with van der Waals surface area (Å²) in [5, 5.41) is 0. The van der Waals surface area contributed by atoms with E-state index < -0.39 is 48.8 Å². The highest BCUT2D eigenvalue weighted by molar-refractivity contribution is 5.92. The van der Waals surface area contributed by atoms with Crippen LogP contribution in [0, 0.1) is 0 Å². The number of benzene rings is 4. The lowest BCUT2D eigenvalue weighted by Gasteiger charge is -2.16. The molecule has 0 aliphatic heterocycles. The Hall–Kier alpha value is -7.22. The van der Waals surface area contributed by atoms with E-state index in [4.69, 9.17) is 37.9 Å². The molecule has 5 rings (SSSR count). The topological polar surface area (TPSA) is 176 Å². The number of ether oxygens (including phenoxy) is 8. The fourth-order valence-corrected chi connectivity index (χ4v) is 5.80. The molecule has 0 amide bonds. The number of hydrogen-bond donors (Lipinski definition) is 0. The minimum atomic E-state index is -1.14. The van der Waals surface area contributed by atoms with Gasteiger partial charge < -0.3 is 37.9 Å². The van der Waals surface area contributed by atoms with Gasteiger partial charge in [0.15, 0.2) is 0 Å². The van der Waals surface area contributed by atoms with Crippen LogP contribution in [0.25, 0.3) is 11.1 Å². The second-order valence-electron chi connectivity index (χ2n) is 12.7. The second-order valence-corrected chi connectivity index (χ2v) is 12.7. The summed E-state index contributed by atoms with van der Waals surface area (Å²) in [6.07, 6.45) is -0.838. The van der Waals surface area contributed by atoms with Crippen LogP contribution >= 0.6 is 0 Å². The zero-order valence-corrected chi connectivity index (χ0v) is 31.9. The standard InChI is InChI=1S/C44H40O14/c1-6-10-39(55-37(45)8-3)57-43(49)53-29-16-12-27(13-17-29)41(47)51-31-20-22-33-34-23-21-32(25-36(34)26(5)35(33)24-31)52-42(48)28-14-18-30(19-15-28)54-44(50)58-40(11-7-2)56-38(46)9-4/h8-9,12-26,39-40H,3-4,6-7,10-11H2,1-2,5H3. The maximum Gasteiger partial charge on any atom is 0.516 e. The van der Waals surface area contributed by atoms with E-state index in [2.05, 4.69) is 13.2 Å². The van der Waals surface area contributed by atoms with E-state index in [1.165, 1.54) is 48.5 Å². The Morgan fingerprint density at radius 1 is 0.534 bits per heavy atom. The number of carbonyl (C=O) groups excluding carboxylic acids is 6. The van der Waals surface area contributed by atoms with Gasteiger partial charge >= 0.3 is 36.2 Å². The molecule has 0 radical (unpaired) electrons. The Morgan fingerprint density at radius 3 is 1.24 bits per heavy atom. The van der Waals surface area contributed by atoms with Gasteiger partial charge in [-0.05, 0) is 108 Å². The van der Waals surface area contributed by atoms with Crippen molar-refractivity contribution in [3.63, 3.8) is 0 Å². The minimum Gasteiger partial charge on any atom is -0.423 e. The van der Waals surface area contributed by atoms with E-state index >= 15 is 0 Å². The molecule has 1 aliphatic rings. The van der Waals surface area contributed by atoms with Crippen molar-refractivity contribution in [2.24, 2.45) is 0 Å². The average Bonchev–Trinajstić information content (AvgIpc) is 3.48. The SMILES string of the molecule is C=CC(=O)OC(CCC)OC(=O)Oc1ccc(C(=O)Oc2ccc3c(c2)C(C)c2cc(OC(=O)c4ccc(OC(=O)OC(CCC)OC(=O)C=C)cc4)ccc2-3)cc1. The van der Waals surface area contributed by atoms with Gasteiger partial charge in [0.05, 0.1) is 11.1 Å². The molecule has 1 aliphatic carbocycles. The normalized spacial score (nSPS) is 13.3. The van der Waals surface area contributed by atoms with Crippen LogP contribution in [0.3, 0.4) is 0 Å². The molecule has 300 valence electrons. The first-order valence-electron chi connectivity index (χ1n) is 18.3. The molecule has 0 bridgehead atoms. The Kier molecular flexibility index (Phi) is 14.2. The van der Waals surface area contributed by atoms with E-state index in [-0.39, 0.29) is 41.4 Å². The van der Waals surface area contributed by atoms with Gasteiger partial charge in [-0.25, -0.2) is 28.8 Å². The first kappa shape index (κ1) is 41.9. The summed E-state index contributed by atoms with van der Waals surface area (Å²) >= 11 is 0. The Morgan fingerprint density at radius 2 is 0.897 bits per heavy atom. The molecule has 58 heavy (non-hydrogen) atoms. The van der Waals surface area contributed by atoms with Crippen LogP contribution in [0.5, 0.6) is 23.0 Å². The van der Waals surface area contributed by atoms with Crippen LogP contribution in [-0.2, 0) is 28.5 Å². The van der Waals surface area contributed by atoms with Gasteiger partial charge in [0.2, 0.25) is 0 Å². The molecule has 0 saturated heterocycles. The largest absolute Gasteiger partial charge is 0.516 e. The van der Waals surface area contributed by atoms with Crippen molar-refractivity contribution in [2.45, 2.75) is 65.0 Å². The van der Waals surface area contributed by atoms with Gasteiger partial charge in [-0.3, -0.25) is 0 Å². The Labute approximate surface area is 333 Å². The van der Waals surface area contributed by atoms with E-state index in [1.807, 2.05) is 32.9 Å². The smallest absolute Gasteiger partial charge is 0.423 e. The van der Waals surface area contributed by atoms with Crippen LogP contribution in [0.2, 0.25) is 0 Å². The number of hydrogen-bond acceptors (Lipinski definition) is 14. The maximum atomic E-state index is 13.0. The molecule has 14 heteroatoms. The van der Waals surface area contributed by atoms with Crippen molar-refractivity contribution < 1.29 is 66.7 Å². The fraction of sp³-hybridized carbons (Fsp3) is 0.227. The first-order valence-corrected chi connectivity index (χ1v) is 18.3. The molecule has 2 atom stereocenters. The van der Waals surface area contributed by atoms with Gasteiger partial charge in [-0.2, -0.15) is 0 Å². The molecule has 0 N–H and O–H groups in total. The van der Waals surface area contributed by atoms with Crippen molar-refractivity contribution in [2.75, 3.05) is 0 Å². The maximum absolute atomic E-state index is 13.0. The van der Waals surface area contributed by atoms with Gasteiger partial charge in [0, 0.05) is 30.9 Å².